The van der Waals surface area contributed by atoms with Crippen LogP contribution in [0.1, 0.15) is 42.4 Å². The summed E-state index contributed by atoms with van der Waals surface area (Å²) < 4.78 is 12.7. The molecule has 8 nitrogen and oxygen atoms in total. The smallest absolute Gasteiger partial charge is 0.349 e. The lowest BCUT2D eigenvalue weighted by Crippen LogP contribution is -2.39. The standard InChI is InChI=1S/C30H32N4O4/c1-6-37-29(36)30(3,4)38-27-12-7-21(17-20(27)2)19-32-28(35)25-18-26(34(5)33-25)24-10-8-22(9-11-24)23-13-15-31-16-14-23/h7-18H,6,19H2,1-5H3,(H,32,35). The molecule has 0 atom stereocenters. The zero-order chi connectivity index (χ0) is 27.3. The Balaban J connectivity index is 1.40. The predicted molar refractivity (Wildman–Crippen MR) is 146 cm³/mol. The highest BCUT2D eigenvalue weighted by molar-refractivity contribution is 5.93. The molecule has 0 saturated heterocycles. The van der Waals surface area contributed by atoms with Crippen LogP contribution in [0.25, 0.3) is 22.4 Å². The van der Waals surface area contributed by atoms with Crippen LogP contribution in [0.4, 0.5) is 0 Å². The molecule has 4 aromatic rings. The molecule has 0 aliphatic rings. The molecule has 0 radical (unpaired) electrons. The number of ether oxygens (including phenoxy) is 2. The van der Waals surface area contributed by atoms with Crippen molar-refractivity contribution in [1.29, 1.82) is 0 Å². The van der Waals surface area contributed by atoms with Crippen LogP contribution in [0.5, 0.6) is 5.75 Å². The van der Waals surface area contributed by atoms with Crippen LogP contribution in [0.2, 0.25) is 0 Å². The van der Waals surface area contributed by atoms with Gasteiger partial charge >= 0.3 is 5.97 Å². The minimum Gasteiger partial charge on any atom is -0.476 e. The average molecular weight is 513 g/mol. The van der Waals surface area contributed by atoms with E-state index in [1.165, 1.54) is 0 Å². The molecule has 8 heteroatoms. The van der Waals surface area contributed by atoms with Crippen LogP contribution in [-0.4, -0.2) is 38.8 Å². The number of nitrogens with one attached hydrogen (secondary N) is 1. The molecule has 2 aromatic heterocycles. The first-order valence-corrected chi connectivity index (χ1v) is 12.5. The van der Waals surface area contributed by atoms with Crippen molar-refractivity contribution in [2.24, 2.45) is 7.05 Å². The van der Waals surface area contributed by atoms with Gasteiger partial charge in [0.15, 0.2) is 11.3 Å². The zero-order valence-electron chi connectivity index (χ0n) is 22.3. The van der Waals surface area contributed by atoms with Gasteiger partial charge in [0.1, 0.15) is 5.75 Å². The van der Waals surface area contributed by atoms with Crippen molar-refractivity contribution < 1.29 is 19.1 Å². The molecule has 0 bridgehead atoms. The van der Waals surface area contributed by atoms with Gasteiger partial charge in [0.25, 0.3) is 5.91 Å². The number of aromatic nitrogens is 3. The van der Waals surface area contributed by atoms with Gasteiger partial charge in [-0.3, -0.25) is 14.5 Å². The van der Waals surface area contributed by atoms with Crippen molar-refractivity contribution in [3.8, 4) is 28.1 Å². The van der Waals surface area contributed by atoms with Gasteiger partial charge in [-0.1, -0.05) is 36.4 Å². The highest BCUT2D eigenvalue weighted by atomic mass is 16.6. The Morgan fingerprint density at radius 3 is 2.26 bits per heavy atom. The van der Waals surface area contributed by atoms with E-state index >= 15 is 0 Å². The molecular weight excluding hydrogens is 480 g/mol. The molecule has 0 aliphatic heterocycles. The molecule has 2 aromatic carbocycles. The minimum absolute atomic E-state index is 0.262. The number of pyridine rings is 1. The summed E-state index contributed by atoms with van der Waals surface area (Å²) in [6.45, 7) is 7.62. The number of aryl methyl sites for hydroxylation is 2. The Kier molecular flexibility index (Phi) is 7.90. The van der Waals surface area contributed by atoms with Gasteiger partial charge in [-0.25, -0.2) is 4.79 Å². The summed E-state index contributed by atoms with van der Waals surface area (Å²) >= 11 is 0. The van der Waals surface area contributed by atoms with Crippen molar-refractivity contribution in [1.82, 2.24) is 20.1 Å². The number of rotatable bonds is 9. The molecule has 0 aliphatic carbocycles. The van der Waals surface area contributed by atoms with E-state index in [2.05, 4.69) is 15.4 Å². The fourth-order valence-corrected chi connectivity index (χ4v) is 4.06. The van der Waals surface area contributed by atoms with Crippen molar-refractivity contribution in [3.63, 3.8) is 0 Å². The number of nitrogens with zero attached hydrogens (tertiary/aromatic N) is 3. The van der Waals surface area contributed by atoms with Gasteiger partial charge in [-0.2, -0.15) is 5.10 Å². The van der Waals surface area contributed by atoms with Gasteiger partial charge in [-0.15, -0.1) is 0 Å². The summed E-state index contributed by atoms with van der Waals surface area (Å²) in [5.74, 6) is -0.0979. The fourth-order valence-electron chi connectivity index (χ4n) is 4.06. The monoisotopic (exact) mass is 512 g/mol. The number of hydrogen-bond donors (Lipinski definition) is 1. The first kappa shape index (κ1) is 26.6. The Bertz CT molecular complexity index is 1430. The Morgan fingerprint density at radius 2 is 1.61 bits per heavy atom. The minimum atomic E-state index is -1.10. The summed E-state index contributed by atoms with van der Waals surface area (Å²) in [4.78, 5) is 29.1. The molecule has 1 N–H and O–H groups in total. The maximum atomic E-state index is 12.9. The molecule has 1 amide bonds. The lowest BCUT2D eigenvalue weighted by Gasteiger charge is -2.25. The van der Waals surface area contributed by atoms with E-state index in [0.29, 0.717) is 24.6 Å². The molecular formula is C30H32N4O4. The fraction of sp³-hybridized carbons (Fsp3) is 0.267. The molecule has 38 heavy (non-hydrogen) atoms. The SMILES string of the molecule is CCOC(=O)C(C)(C)Oc1ccc(CNC(=O)c2cc(-c3ccc(-c4ccncc4)cc3)n(C)n2)cc1C. The topological polar surface area (TPSA) is 95.3 Å². The van der Waals surface area contributed by atoms with Crippen LogP contribution in [0, 0.1) is 6.92 Å². The molecule has 0 saturated carbocycles. The number of carbonyl (C=O) groups excluding carboxylic acids is 2. The van der Waals surface area contributed by atoms with E-state index in [0.717, 1.165) is 33.5 Å². The van der Waals surface area contributed by atoms with Gasteiger partial charge in [0.05, 0.1) is 12.3 Å². The molecule has 4 rings (SSSR count). The van der Waals surface area contributed by atoms with E-state index in [1.54, 1.807) is 50.0 Å². The first-order valence-electron chi connectivity index (χ1n) is 12.5. The second-order valence-corrected chi connectivity index (χ2v) is 9.47. The van der Waals surface area contributed by atoms with Crippen LogP contribution < -0.4 is 10.1 Å². The van der Waals surface area contributed by atoms with Crippen molar-refractivity contribution in [2.75, 3.05) is 6.61 Å². The molecule has 2 heterocycles. The van der Waals surface area contributed by atoms with Crippen LogP contribution in [0.15, 0.2) is 73.1 Å². The highest BCUT2D eigenvalue weighted by Crippen LogP contribution is 2.26. The van der Waals surface area contributed by atoms with Crippen LogP contribution >= 0.6 is 0 Å². The second-order valence-electron chi connectivity index (χ2n) is 9.47. The third kappa shape index (κ3) is 6.08. The van der Waals surface area contributed by atoms with Crippen molar-refractivity contribution in [2.45, 2.75) is 39.8 Å². The maximum Gasteiger partial charge on any atom is 0.349 e. The molecule has 196 valence electrons. The van der Waals surface area contributed by atoms with E-state index in [-0.39, 0.29) is 5.91 Å². The van der Waals surface area contributed by atoms with E-state index in [1.807, 2.05) is 62.5 Å². The first-order chi connectivity index (χ1) is 18.2. The average Bonchev–Trinajstić information content (AvgIpc) is 3.31. The largest absolute Gasteiger partial charge is 0.476 e. The lowest BCUT2D eigenvalue weighted by molar-refractivity contribution is -0.158. The van der Waals surface area contributed by atoms with Crippen LogP contribution in [0.3, 0.4) is 0 Å². The maximum absolute atomic E-state index is 12.9. The summed E-state index contributed by atoms with van der Waals surface area (Å²) in [5, 5.41) is 7.35. The zero-order valence-corrected chi connectivity index (χ0v) is 22.3. The van der Waals surface area contributed by atoms with E-state index < -0.39 is 11.6 Å². The molecule has 0 spiro atoms. The van der Waals surface area contributed by atoms with Gasteiger partial charge in [0.2, 0.25) is 0 Å². The van der Waals surface area contributed by atoms with Crippen LogP contribution in [-0.2, 0) is 23.1 Å². The van der Waals surface area contributed by atoms with Gasteiger partial charge in [-0.05, 0) is 79.8 Å². The summed E-state index contributed by atoms with van der Waals surface area (Å²) in [6, 6.07) is 19.4. The highest BCUT2D eigenvalue weighted by Gasteiger charge is 2.32. The molecule has 0 unspecified atom stereocenters. The van der Waals surface area contributed by atoms with Gasteiger partial charge in [0, 0.05) is 26.0 Å². The Labute approximate surface area is 222 Å². The van der Waals surface area contributed by atoms with E-state index in [4.69, 9.17) is 9.47 Å². The number of benzene rings is 2. The summed E-state index contributed by atoms with van der Waals surface area (Å²) in [7, 11) is 1.82. The van der Waals surface area contributed by atoms with Crippen molar-refractivity contribution in [3.05, 3.63) is 89.9 Å². The predicted octanol–water partition coefficient (Wildman–Crippen LogP) is 5.11. The third-order valence-corrected chi connectivity index (χ3v) is 6.13. The van der Waals surface area contributed by atoms with Gasteiger partial charge < -0.3 is 14.8 Å². The number of amides is 1. The molecule has 0 fully saturated rings. The van der Waals surface area contributed by atoms with E-state index in [9.17, 15) is 9.59 Å². The lowest BCUT2D eigenvalue weighted by atomic mass is 10.0. The number of esters is 1. The second kappa shape index (κ2) is 11.3. The Morgan fingerprint density at radius 1 is 0.947 bits per heavy atom. The third-order valence-electron chi connectivity index (χ3n) is 6.13. The van der Waals surface area contributed by atoms with Crippen molar-refractivity contribution >= 4 is 11.9 Å². The number of hydrogen-bond acceptors (Lipinski definition) is 6. The Hall–Kier alpha value is -4.46. The normalized spacial score (nSPS) is 11.2. The number of carbonyl (C=O) groups is 2. The summed E-state index contributed by atoms with van der Waals surface area (Å²) in [6.07, 6.45) is 3.54. The summed E-state index contributed by atoms with van der Waals surface area (Å²) in [5.41, 5.74) is 4.98. The quantitative estimate of drug-likeness (QED) is 0.313.